The van der Waals surface area contributed by atoms with Crippen molar-refractivity contribution in [2.75, 3.05) is 37.7 Å². The summed E-state index contributed by atoms with van der Waals surface area (Å²) in [5, 5.41) is 15.5. The number of alkyl halides is 1. The quantitative estimate of drug-likeness (QED) is 0.363. The molecule has 0 spiro atoms. The first-order valence-electron chi connectivity index (χ1n) is 15.2. The van der Waals surface area contributed by atoms with E-state index in [1.807, 2.05) is 24.3 Å². The number of halogens is 2. The van der Waals surface area contributed by atoms with Crippen LogP contribution in [0, 0.1) is 5.82 Å². The van der Waals surface area contributed by atoms with E-state index in [0.717, 1.165) is 50.7 Å². The largest absolute Gasteiger partial charge is 0.508 e. The van der Waals surface area contributed by atoms with Crippen molar-refractivity contribution in [3.05, 3.63) is 52.6 Å². The van der Waals surface area contributed by atoms with Gasteiger partial charge in [0.2, 0.25) is 0 Å². The van der Waals surface area contributed by atoms with Gasteiger partial charge < -0.3 is 24.6 Å². The molecule has 0 saturated carbocycles. The number of piperazine rings is 1. The summed E-state index contributed by atoms with van der Waals surface area (Å²) in [7, 11) is 1.54. The van der Waals surface area contributed by atoms with Crippen LogP contribution < -0.4 is 20.5 Å². The molecule has 2 bridgehead atoms. The number of nitrogens with zero attached hydrogens (tertiary/aromatic N) is 5. The van der Waals surface area contributed by atoms with Gasteiger partial charge in [0.05, 0.1) is 11.2 Å². The first kappa shape index (κ1) is 26.8. The number of hydrogen-bond donors (Lipinski definition) is 2. The van der Waals surface area contributed by atoms with Crippen LogP contribution >= 0.6 is 0 Å². The minimum atomic E-state index is -0.909. The maximum atomic E-state index is 16.9. The van der Waals surface area contributed by atoms with Crippen LogP contribution in [0.3, 0.4) is 0 Å². The van der Waals surface area contributed by atoms with Gasteiger partial charge in [0.25, 0.3) is 5.56 Å². The van der Waals surface area contributed by atoms with Crippen molar-refractivity contribution in [1.29, 1.82) is 0 Å². The van der Waals surface area contributed by atoms with Crippen LogP contribution in [0.4, 0.5) is 14.6 Å². The van der Waals surface area contributed by atoms with Crippen LogP contribution in [-0.2, 0) is 7.05 Å². The van der Waals surface area contributed by atoms with Gasteiger partial charge in [0.15, 0.2) is 5.82 Å². The van der Waals surface area contributed by atoms with Crippen LogP contribution in [0.2, 0.25) is 0 Å². The van der Waals surface area contributed by atoms with Gasteiger partial charge in [-0.25, -0.2) is 8.78 Å². The van der Waals surface area contributed by atoms with E-state index in [2.05, 4.69) is 20.1 Å². The zero-order chi connectivity index (χ0) is 29.5. The number of rotatable bonds is 5. The Balaban J connectivity index is 1.33. The molecule has 9 nitrogen and oxygen atoms in total. The van der Waals surface area contributed by atoms with E-state index in [1.165, 1.54) is 10.6 Å². The van der Waals surface area contributed by atoms with Crippen molar-refractivity contribution in [2.24, 2.45) is 7.05 Å². The number of phenolic OH excluding ortho intramolecular Hbond substituents is 1. The van der Waals surface area contributed by atoms with Crippen molar-refractivity contribution in [1.82, 2.24) is 24.8 Å². The van der Waals surface area contributed by atoms with Crippen molar-refractivity contribution < 1.29 is 18.6 Å². The molecule has 11 heteroatoms. The normalized spacial score (nSPS) is 27.0. The maximum Gasteiger partial charge on any atom is 0.319 e. The molecule has 4 atom stereocenters. The highest BCUT2D eigenvalue weighted by Gasteiger charge is 2.49. The molecule has 6 heterocycles. The Kier molecular flexibility index (Phi) is 6.13. The highest BCUT2D eigenvalue weighted by molar-refractivity contribution is 6.00. The Hall–Kier alpha value is -3.83. The van der Waals surface area contributed by atoms with E-state index >= 15 is 4.39 Å². The monoisotopic (exact) mass is 588 g/mol. The summed E-state index contributed by atoms with van der Waals surface area (Å²) in [4.78, 5) is 27.8. The number of anilines is 1. The molecule has 8 rings (SSSR count). The lowest BCUT2D eigenvalue weighted by Gasteiger charge is -2.37. The molecule has 4 aliphatic heterocycles. The summed E-state index contributed by atoms with van der Waals surface area (Å²) in [5.74, 6) is -0.334. The SMILES string of the molecule is Cn1c(-c2cc(O)cc3ccccc23)c(F)c2nc(OCC34CCCN3C[C@H](F)C4)nc(N3C4CCC3CNC4)c2c1=O. The number of aromatic hydroxyl groups is 1. The Labute approximate surface area is 247 Å². The zero-order valence-corrected chi connectivity index (χ0v) is 24.0. The molecule has 4 aliphatic rings. The molecule has 224 valence electrons. The van der Waals surface area contributed by atoms with Gasteiger partial charge in [-0.05, 0) is 55.1 Å². The number of pyridine rings is 1. The summed E-state index contributed by atoms with van der Waals surface area (Å²) in [6.45, 7) is 2.89. The van der Waals surface area contributed by atoms with E-state index in [4.69, 9.17) is 9.72 Å². The van der Waals surface area contributed by atoms with Gasteiger partial charge in [-0.3, -0.25) is 9.69 Å². The number of nitrogens with one attached hydrogen (secondary N) is 1. The van der Waals surface area contributed by atoms with Crippen molar-refractivity contribution in [2.45, 2.75) is 55.9 Å². The molecule has 0 aliphatic carbocycles. The topological polar surface area (TPSA) is 95.8 Å². The van der Waals surface area contributed by atoms with E-state index in [-0.39, 0.29) is 47.0 Å². The molecule has 2 aromatic carbocycles. The molecule has 3 unspecified atom stereocenters. The number of benzene rings is 2. The number of hydrogen-bond acceptors (Lipinski definition) is 8. The third-order valence-electron chi connectivity index (χ3n) is 10.1. The highest BCUT2D eigenvalue weighted by Crippen LogP contribution is 2.42. The Morgan fingerprint density at radius 3 is 2.77 bits per heavy atom. The first-order valence-corrected chi connectivity index (χ1v) is 15.2. The van der Waals surface area contributed by atoms with E-state index in [0.29, 0.717) is 29.7 Å². The van der Waals surface area contributed by atoms with Crippen LogP contribution in [0.5, 0.6) is 11.8 Å². The van der Waals surface area contributed by atoms with Crippen LogP contribution in [0.1, 0.15) is 32.1 Å². The number of fused-ring (bicyclic) bond motifs is 5. The minimum Gasteiger partial charge on any atom is -0.508 e. The van der Waals surface area contributed by atoms with Gasteiger partial charge in [-0.1, -0.05) is 24.3 Å². The molecule has 2 N–H and O–H groups in total. The Bertz CT molecular complexity index is 1820. The fourth-order valence-electron chi connectivity index (χ4n) is 8.13. The Morgan fingerprint density at radius 1 is 1.16 bits per heavy atom. The van der Waals surface area contributed by atoms with E-state index in [9.17, 15) is 14.3 Å². The Morgan fingerprint density at radius 2 is 1.95 bits per heavy atom. The highest BCUT2D eigenvalue weighted by atomic mass is 19.1. The van der Waals surface area contributed by atoms with Gasteiger partial charge in [0, 0.05) is 50.7 Å². The molecule has 4 aromatic rings. The second kappa shape index (κ2) is 9.85. The molecule has 0 radical (unpaired) electrons. The second-order valence-corrected chi connectivity index (χ2v) is 12.6. The van der Waals surface area contributed by atoms with Crippen molar-refractivity contribution in [3.63, 3.8) is 0 Å². The molecular formula is C32H34F2N6O3. The summed E-state index contributed by atoms with van der Waals surface area (Å²) < 4.78 is 38.9. The van der Waals surface area contributed by atoms with E-state index in [1.54, 1.807) is 13.1 Å². The summed E-state index contributed by atoms with van der Waals surface area (Å²) in [5.41, 5.74) is -0.544. The van der Waals surface area contributed by atoms with Crippen LogP contribution in [-0.4, -0.2) is 81.1 Å². The lowest BCUT2D eigenvalue weighted by molar-refractivity contribution is 0.107. The smallest absolute Gasteiger partial charge is 0.319 e. The standard InChI is InChI=1S/C32H34F2N6O3/c1-38-28(24-12-22(41)11-18-5-2-3-6-23(18)24)26(34)27-25(30(38)42)29(40-20-7-8-21(40)15-35-14-20)37-31(36-27)43-17-32-9-4-10-39(32)16-19(33)13-32/h2-3,5-6,11-12,19-21,35,41H,4,7-10,13-17H2,1H3/t19-,20?,21?,32?/m1/s1. The summed E-state index contributed by atoms with van der Waals surface area (Å²) >= 11 is 0. The average Bonchev–Trinajstić information content (AvgIpc) is 3.60. The van der Waals surface area contributed by atoms with Crippen molar-refractivity contribution >= 4 is 27.5 Å². The lowest BCUT2D eigenvalue weighted by Crippen LogP contribution is -2.52. The summed E-state index contributed by atoms with van der Waals surface area (Å²) in [6.07, 6.45) is 3.14. The fraction of sp³-hybridized carbons (Fsp3) is 0.469. The second-order valence-electron chi connectivity index (χ2n) is 12.6. The molecule has 0 amide bonds. The van der Waals surface area contributed by atoms with Gasteiger partial charge in [0.1, 0.15) is 35.2 Å². The van der Waals surface area contributed by atoms with Crippen LogP contribution in [0.15, 0.2) is 41.2 Å². The minimum absolute atomic E-state index is 0.0113. The van der Waals surface area contributed by atoms with Crippen molar-refractivity contribution in [3.8, 4) is 23.0 Å². The van der Waals surface area contributed by atoms with Crippen LogP contribution in [0.25, 0.3) is 32.9 Å². The molecule has 4 saturated heterocycles. The van der Waals surface area contributed by atoms with E-state index < -0.39 is 23.1 Å². The first-order chi connectivity index (χ1) is 20.8. The molecule has 4 fully saturated rings. The van der Waals surface area contributed by atoms with Gasteiger partial charge in [-0.15, -0.1) is 0 Å². The third-order valence-corrected chi connectivity index (χ3v) is 10.1. The molecule has 2 aromatic heterocycles. The predicted molar refractivity (Wildman–Crippen MR) is 160 cm³/mol. The average molecular weight is 589 g/mol. The lowest BCUT2D eigenvalue weighted by atomic mass is 9.95. The summed E-state index contributed by atoms with van der Waals surface area (Å²) in [6, 6.07) is 10.6. The third kappa shape index (κ3) is 4.11. The fourth-order valence-corrected chi connectivity index (χ4v) is 8.13. The number of phenols is 1. The zero-order valence-electron chi connectivity index (χ0n) is 24.0. The molecular weight excluding hydrogens is 554 g/mol. The number of ether oxygens (including phenoxy) is 1. The van der Waals surface area contributed by atoms with Gasteiger partial charge >= 0.3 is 6.01 Å². The van der Waals surface area contributed by atoms with Gasteiger partial charge in [-0.2, -0.15) is 9.97 Å². The predicted octanol–water partition coefficient (Wildman–Crippen LogP) is 3.89. The number of aromatic nitrogens is 3. The maximum absolute atomic E-state index is 16.9. The molecule has 43 heavy (non-hydrogen) atoms.